The molecule has 2 aromatic rings. The van der Waals surface area contributed by atoms with Crippen LogP contribution in [0.3, 0.4) is 0 Å². The molecule has 0 aromatic heterocycles. The molecule has 11 nitrogen and oxygen atoms in total. The molecule has 5 unspecified atom stereocenters. The molecule has 42 heavy (non-hydrogen) atoms. The number of hydrogen-bond acceptors (Lipinski definition) is 10. The maximum atomic E-state index is 13.1. The zero-order valence-electron chi connectivity index (χ0n) is 23.7. The zero-order valence-corrected chi connectivity index (χ0v) is 23.7. The van der Waals surface area contributed by atoms with E-state index in [-0.39, 0.29) is 31.0 Å². The fourth-order valence-electron chi connectivity index (χ4n) is 5.88. The molecular weight excluding hydrogens is 544 g/mol. The van der Waals surface area contributed by atoms with E-state index in [2.05, 4.69) is 5.32 Å². The summed E-state index contributed by atoms with van der Waals surface area (Å²) in [6.45, 7) is 3.76. The van der Waals surface area contributed by atoms with E-state index >= 15 is 0 Å². The molecule has 5 atom stereocenters. The van der Waals surface area contributed by atoms with Crippen LogP contribution in [-0.4, -0.2) is 93.1 Å². The molecule has 3 fully saturated rings. The molecule has 0 spiro atoms. The van der Waals surface area contributed by atoms with Crippen LogP contribution in [-0.2, 0) is 36.8 Å². The Hall–Kier alpha value is -2.93. The second kappa shape index (κ2) is 14.0. The maximum absolute atomic E-state index is 13.1. The van der Waals surface area contributed by atoms with Gasteiger partial charge in [0.15, 0.2) is 17.8 Å². The fourth-order valence-corrected chi connectivity index (χ4v) is 5.88. The lowest BCUT2D eigenvalue weighted by molar-refractivity contribution is -0.231. The molecule has 4 aliphatic heterocycles. The largest absolute Gasteiger partial charge is 0.486 e. The van der Waals surface area contributed by atoms with Gasteiger partial charge in [-0.25, -0.2) is 4.79 Å². The monoisotopic (exact) mass is 584 g/mol. The molecule has 2 aromatic carbocycles. The standard InChI is InChI=1S/C31H40N2O9/c34-26(19-33(42-23-8-11-36-12-9-23)18-22-6-7-27-28(17-22)38-15-14-37-27)25(16-21-4-2-1-3-5-21)32-31(35)41-29-20-40-30-24(29)10-13-39-30/h1-7,17,23-26,29-30,34H,8-16,18-20H2,(H,32,35). The highest BCUT2D eigenvalue weighted by Gasteiger charge is 2.44. The van der Waals surface area contributed by atoms with Gasteiger partial charge in [0.25, 0.3) is 0 Å². The summed E-state index contributed by atoms with van der Waals surface area (Å²) in [5, 5.41) is 16.3. The number of aliphatic hydroxyl groups is 1. The van der Waals surface area contributed by atoms with Gasteiger partial charge in [0.2, 0.25) is 0 Å². The highest BCUT2D eigenvalue weighted by Crippen LogP contribution is 2.33. The summed E-state index contributed by atoms with van der Waals surface area (Å²) in [5.74, 6) is 1.45. The van der Waals surface area contributed by atoms with E-state index in [0.29, 0.717) is 58.4 Å². The second-order valence-electron chi connectivity index (χ2n) is 11.2. The summed E-state index contributed by atoms with van der Waals surface area (Å²) in [5.41, 5.74) is 1.94. The van der Waals surface area contributed by atoms with Gasteiger partial charge in [-0.2, -0.15) is 5.06 Å². The van der Waals surface area contributed by atoms with E-state index < -0.39 is 18.2 Å². The Morgan fingerprint density at radius 2 is 1.76 bits per heavy atom. The van der Waals surface area contributed by atoms with Gasteiger partial charge in [0, 0.05) is 19.8 Å². The van der Waals surface area contributed by atoms with Crippen molar-refractivity contribution >= 4 is 6.09 Å². The minimum Gasteiger partial charge on any atom is -0.486 e. The molecular formula is C31H40N2O9. The van der Waals surface area contributed by atoms with E-state index in [9.17, 15) is 9.90 Å². The summed E-state index contributed by atoms with van der Waals surface area (Å²) in [4.78, 5) is 19.5. The van der Waals surface area contributed by atoms with Crippen LogP contribution in [0.4, 0.5) is 4.79 Å². The Morgan fingerprint density at radius 1 is 0.952 bits per heavy atom. The van der Waals surface area contributed by atoms with Crippen molar-refractivity contribution in [1.82, 2.24) is 10.4 Å². The molecule has 3 saturated heterocycles. The normalized spacial score (nSPS) is 25.1. The number of alkyl carbamates (subject to hydrolysis) is 1. The first-order valence-electron chi connectivity index (χ1n) is 14.9. The number of fused-ring (bicyclic) bond motifs is 2. The topological polar surface area (TPSA) is 117 Å². The van der Waals surface area contributed by atoms with Gasteiger partial charge in [-0.05, 0) is 48.9 Å². The third-order valence-corrected chi connectivity index (χ3v) is 8.13. The number of rotatable bonds is 11. The number of hydrogen-bond donors (Lipinski definition) is 2. The third-order valence-electron chi connectivity index (χ3n) is 8.13. The second-order valence-corrected chi connectivity index (χ2v) is 11.2. The Kier molecular flexibility index (Phi) is 9.74. The number of benzene rings is 2. The van der Waals surface area contributed by atoms with E-state index in [1.165, 1.54) is 0 Å². The average Bonchev–Trinajstić information content (AvgIpc) is 3.63. The molecule has 0 bridgehead atoms. The highest BCUT2D eigenvalue weighted by molar-refractivity contribution is 5.68. The Bertz CT molecular complexity index is 1160. The SMILES string of the molecule is O=C(NC(Cc1ccccc1)C(O)CN(Cc1ccc2c(c1)OCCO2)OC1CCOCC1)OC1COC2OCCC12. The lowest BCUT2D eigenvalue weighted by Gasteiger charge is -2.33. The molecule has 2 N–H and O–H groups in total. The van der Waals surface area contributed by atoms with E-state index in [0.717, 1.165) is 36.1 Å². The predicted molar refractivity (Wildman–Crippen MR) is 150 cm³/mol. The quantitative estimate of drug-likeness (QED) is 0.382. The molecule has 228 valence electrons. The van der Waals surface area contributed by atoms with Crippen LogP contribution in [0, 0.1) is 5.92 Å². The smallest absolute Gasteiger partial charge is 0.407 e. The third kappa shape index (κ3) is 7.52. The van der Waals surface area contributed by atoms with Crippen LogP contribution in [0.5, 0.6) is 11.5 Å². The summed E-state index contributed by atoms with van der Waals surface area (Å²) >= 11 is 0. The molecule has 1 amide bonds. The minimum atomic E-state index is -0.961. The molecule has 4 heterocycles. The van der Waals surface area contributed by atoms with E-state index in [1.54, 1.807) is 5.06 Å². The van der Waals surface area contributed by atoms with Crippen molar-refractivity contribution in [3.63, 3.8) is 0 Å². The predicted octanol–water partition coefficient (Wildman–Crippen LogP) is 2.83. The molecule has 6 rings (SSSR count). The number of ether oxygens (including phenoxy) is 6. The Balaban J connectivity index is 1.15. The number of carbonyl (C=O) groups is 1. The Labute approximate surface area is 245 Å². The van der Waals surface area contributed by atoms with Gasteiger partial charge in [-0.15, -0.1) is 0 Å². The van der Waals surface area contributed by atoms with Crippen molar-refractivity contribution in [2.75, 3.05) is 46.2 Å². The maximum Gasteiger partial charge on any atom is 0.407 e. The van der Waals surface area contributed by atoms with Gasteiger partial charge in [0.1, 0.15) is 19.3 Å². The van der Waals surface area contributed by atoms with Gasteiger partial charge in [-0.3, -0.25) is 4.84 Å². The molecule has 0 radical (unpaired) electrons. The van der Waals surface area contributed by atoms with Crippen LogP contribution >= 0.6 is 0 Å². The van der Waals surface area contributed by atoms with Crippen molar-refractivity contribution in [2.45, 2.75) is 62.9 Å². The number of nitrogens with one attached hydrogen (secondary N) is 1. The van der Waals surface area contributed by atoms with Gasteiger partial charge >= 0.3 is 6.09 Å². The van der Waals surface area contributed by atoms with Crippen LogP contribution < -0.4 is 14.8 Å². The zero-order chi connectivity index (χ0) is 28.7. The van der Waals surface area contributed by atoms with Crippen LogP contribution in [0.1, 0.15) is 30.4 Å². The number of nitrogens with zero attached hydrogens (tertiary/aromatic N) is 1. The van der Waals surface area contributed by atoms with E-state index in [1.807, 2.05) is 48.5 Å². The van der Waals surface area contributed by atoms with Gasteiger partial charge in [0.05, 0.1) is 43.9 Å². The minimum absolute atomic E-state index is 0.0300. The lowest BCUT2D eigenvalue weighted by atomic mass is 10.0. The summed E-state index contributed by atoms with van der Waals surface area (Å²) in [6, 6.07) is 15.0. The van der Waals surface area contributed by atoms with Crippen LogP contribution in [0.15, 0.2) is 48.5 Å². The molecule has 0 saturated carbocycles. The van der Waals surface area contributed by atoms with Crippen LogP contribution in [0.2, 0.25) is 0 Å². The number of carbonyl (C=O) groups excluding carboxylic acids is 1. The van der Waals surface area contributed by atoms with E-state index in [4.69, 9.17) is 33.3 Å². The van der Waals surface area contributed by atoms with Gasteiger partial charge < -0.3 is 38.8 Å². The van der Waals surface area contributed by atoms with Crippen molar-refractivity contribution in [3.05, 3.63) is 59.7 Å². The first kappa shape index (κ1) is 29.2. The van der Waals surface area contributed by atoms with Crippen molar-refractivity contribution < 1.29 is 43.2 Å². The van der Waals surface area contributed by atoms with Crippen molar-refractivity contribution in [2.24, 2.45) is 5.92 Å². The van der Waals surface area contributed by atoms with Crippen molar-refractivity contribution in [1.29, 1.82) is 0 Å². The fraction of sp³-hybridized carbons (Fsp3) is 0.581. The average molecular weight is 585 g/mol. The molecule has 11 heteroatoms. The van der Waals surface area contributed by atoms with Crippen molar-refractivity contribution in [3.8, 4) is 11.5 Å². The number of aliphatic hydroxyl groups excluding tert-OH is 1. The first-order valence-corrected chi connectivity index (χ1v) is 14.9. The van der Waals surface area contributed by atoms with Crippen LogP contribution in [0.25, 0.3) is 0 Å². The van der Waals surface area contributed by atoms with Gasteiger partial charge in [-0.1, -0.05) is 36.4 Å². The molecule has 0 aliphatic carbocycles. The summed E-state index contributed by atoms with van der Waals surface area (Å²) < 4.78 is 33.9. The lowest BCUT2D eigenvalue weighted by Crippen LogP contribution is -2.51. The summed E-state index contributed by atoms with van der Waals surface area (Å²) in [7, 11) is 0. The first-order chi connectivity index (χ1) is 20.6. The molecule has 4 aliphatic rings. The number of hydroxylamine groups is 2. The highest BCUT2D eigenvalue weighted by atomic mass is 16.7. The summed E-state index contributed by atoms with van der Waals surface area (Å²) in [6.07, 6.45) is 0.470. The Morgan fingerprint density at radius 3 is 2.60 bits per heavy atom. The number of amides is 1.